The number of benzene rings is 1. The average molecular weight is 392 g/mol. The minimum atomic E-state index is -0.491. The van der Waals surface area contributed by atoms with E-state index >= 15 is 0 Å². The molecule has 1 aliphatic rings. The first-order valence-corrected chi connectivity index (χ1v) is 9.03. The van der Waals surface area contributed by atoms with Crippen molar-refractivity contribution < 1.29 is 13.9 Å². The van der Waals surface area contributed by atoms with E-state index in [4.69, 9.17) is 16.3 Å². The van der Waals surface area contributed by atoms with Crippen molar-refractivity contribution in [3.05, 3.63) is 34.1 Å². The number of carbonyl (C=O) groups is 1. The second kappa shape index (κ2) is 9.20. The second-order valence-corrected chi connectivity index (χ2v) is 7.92. The fraction of sp³-hybridized carbons (Fsp3) is 0.632. The van der Waals surface area contributed by atoms with Gasteiger partial charge in [0, 0.05) is 6.04 Å². The van der Waals surface area contributed by atoms with E-state index in [1.807, 2.05) is 20.8 Å². The van der Waals surface area contributed by atoms with Gasteiger partial charge in [-0.25, -0.2) is 4.39 Å². The van der Waals surface area contributed by atoms with Crippen LogP contribution in [0.25, 0.3) is 0 Å². The van der Waals surface area contributed by atoms with Crippen LogP contribution in [0.2, 0.25) is 5.02 Å². The zero-order valence-corrected chi connectivity index (χ0v) is 16.9. The number of halogens is 3. The summed E-state index contributed by atoms with van der Waals surface area (Å²) in [5.41, 5.74) is 1.58. The van der Waals surface area contributed by atoms with Gasteiger partial charge in [0.25, 0.3) is 0 Å². The van der Waals surface area contributed by atoms with Gasteiger partial charge in [-0.1, -0.05) is 24.9 Å². The zero-order chi connectivity index (χ0) is 17.9. The summed E-state index contributed by atoms with van der Waals surface area (Å²) in [6.45, 7) is 7.68. The molecule has 2 atom stereocenters. The van der Waals surface area contributed by atoms with Crippen molar-refractivity contribution in [2.24, 2.45) is 0 Å². The van der Waals surface area contributed by atoms with Gasteiger partial charge in [0.2, 0.25) is 0 Å². The molecule has 0 bridgehead atoms. The summed E-state index contributed by atoms with van der Waals surface area (Å²) in [6, 6.07) is 3.10. The predicted octanol–water partition coefficient (Wildman–Crippen LogP) is 4.86. The summed E-state index contributed by atoms with van der Waals surface area (Å²) in [6.07, 6.45) is 4.05. The van der Waals surface area contributed by atoms with E-state index in [1.54, 1.807) is 6.07 Å². The van der Waals surface area contributed by atoms with Crippen molar-refractivity contribution in [3.63, 3.8) is 0 Å². The molecule has 0 saturated carbocycles. The summed E-state index contributed by atoms with van der Waals surface area (Å²) >= 11 is 5.90. The maximum atomic E-state index is 13.6. The molecule has 0 spiro atoms. The number of nitrogens with one attached hydrogen (secondary N) is 1. The minimum absolute atomic E-state index is 0. The van der Waals surface area contributed by atoms with Gasteiger partial charge in [0.1, 0.15) is 17.5 Å². The number of fused-ring (bicyclic) bond motifs is 1. The third-order valence-electron chi connectivity index (χ3n) is 4.18. The molecule has 25 heavy (non-hydrogen) atoms. The quantitative estimate of drug-likeness (QED) is 0.728. The van der Waals surface area contributed by atoms with Crippen LogP contribution in [0.5, 0.6) is 0 Å². The SMILES string of the molecule is CCCC(N[C@H]1CCc2cc(F)c(Cl)cc2C1)C(=O)OC(C)(C)C.Cl. The summed E-state index contributed by atoms with van der Waals surface area (Å²) in [4.78, 5) is 12.4. The van der Waals surface area contributed by atoms with Gasteiger partial charge < -0.3 is 10.1 Å². The van der Waals surface area contributed by atoms with E-state index in [2.05, 4.69) is 12.2 Å². The van der Waals surface area contributed by atoms with Crippen molar-refractivity contribution in [1.29, 1.82) is 0 Å². The number of aryl methyl sites for hydroxylation is 1. The molecule has 1 N–H and O–H groups in total. The first-order chi connectivity index (χ1) is 11.2. The van der Waals surface area contributed by atoms with Crippen LogP contribution in [-0.2, 0) is 22.4 Å². The lowest BCUT2D eigenvalue weighted by Gasteiger charge is -2.31. The van der Waals surface area contributed by atoms with Crippen LogP contribution < -0.4 is 5.32 Å². The van der Waals surface area contributed by atoms with Crippen LogP contribution in [0.1, 0.15) is 58.1 Å². The number of ether oxygens (including phenoxy) is 1. The van der Waals surface area contributed by atoms with Crippen molar-refractivity contribution in [1.82, 2.24) is 5.32 Å². The molecule has 0 heterocycles. The Morgan fingerprint density at radius 1 is 1.40 bits per heavy atom. The number of rotatable bonds is 5. The van der Waals surface area contributed by atoms with E-state index in [9.17, 15) is 9.18 Å². The Kier molecular flexibility index (Phi) is 8.17. The molecule has 0 saturated heterocycles. The second-order valence-electron chi connectivity index (χ2n) is 7.52. The van der Waals surface area contributed by atoms with Crippen molar-refractivity contribution in [3.8, 4) is 0 Å². The Morgan fingerprint density at radius 2 is 2.08 bits per heavy atom. The minimum Gasteiger partial charge on any atom is -0.459 e. The number of hydrogen-bond donors (Lipinski definition) is 1. The molecular formula is C19H28Cl2FNO2. The Morgan fingerprint density at radius 3 is 2.68 bits per heavy atom. The van der Waals surface area contributed by atoms with E-state index in [1.165, 1.54) is 6.07 Å². The molecule has 3 nitrogen and oxygen atoms in total. The third kappa shape index (κ3) is 6.43. The molecule has 0 aromatic heterocycles. The van der Waals surface area contributed by atoms with E-state index < -0.39 is 5.60 Å². The zero-order valence-electron chi connectivity index (χ0n) is 15.3. The van der Waals surface area contributed by atoms with Crippen molar-refractivity contribution in [2.45, 2.75) is 77.5 Å². The summed E-state index contributed by atoms with van der Waals surface area (Å²) in [5, 5.41) is 3.60. The smallest absolute Gasteiger partial charge is 0.323 e. The van der Waals surface area contributed by atoms with Gasteiger partial charge in [-0.3, -0.25) is 4.79 Å². The molecule has 1 aliphatic carbocycles. The van der Waals surface area contributed by atoms with E-state index in [0.717, 1.165) is 43.2 Å². The van der Waals surface area contributed by atoms with Gasteiger partial charge in [-0.15, -0.1) is 12.4 Å². The van der Waals surface area contributed by atoms with E-state index in [-0.39, 0.29) is 41.3 Å². The maximum absolute atomic E-state index is 13.6. The van der Waals surface area contributed by atoms with Crippen molar-refractivity contribution in [2.75, 3.05) is 0 Å². The largest absolute Gasteiger partial charge is 0.459 e. The monoisotopic (exact) mass is 391 g/mol. The Balaban J connectivity index is 0.00000312. The molecule has 1 aromatic carbocycles. The predicted molar refractivity (Wildman–Crippen MR) is 102 cm³/mol. The highest BCUT2D eigenvalue weighted by Crippen LogP contribution is 2.27. The number of hydrogen-bond acceptors (Lipinski definition) is 3. The maximum Gasteiger partial charge on any atom is 0.323 e. The number of carbonyl (C=O) groups excluding carboxylic acids is 1. The highest BCUT2D eigenvalue weighted by molar-refractivity contribution is 6.30. The summed E-state index contributed by atoms with van der Waals surface area (Å²) < 4.78 is 19.1. The molecule has 1 aromatic rings. The molecule has 1 unspecified atom stereocenters. The van der Waals surface area contributed by atoms with Crippen LogP contribution >= 0.6 is 24.0 Å². The highest BCUT2D eigenvalue weighted by Gasteiger charge is 2.28. The van der Waals surface area contributed by atoms with Gasteiger partial charge in [0.05, 0.1) is 5.02 Å². The van der Waals surface area contributed by atoms with Gasteiger partial charge >= 0.3 is 5.97 Å². The van der Waals surface area contributed by atoms with Crippen molar-refractivity contribution >= 4 is 30.0 Å². The lowest BCUT2D eigenvalue weighted by Crippen LogP contribution is -2.47. The molecule has 2 rings (SSSR count). The van der Waals surface area contributed by atoms with Crippen LogP contribution in [0, 0.1) is 5.82 Å². The van der Waals surface area contributed by atoms with Crippen LogP contribution in [0.4, 0.5) is 4.39 Å². The molecule has 142 valence electrons. The summed E-state index contributed by atoms with van der Waals surface area (Å²) in [7, 11) is 0. The van der Waals surface area contributed by atoms with Crippen LogP contribution in [-0.4, -0.2) is 23.7 Å². The fourth-order valence-electron chi connectivity index (χ4n) is 3.11. The molecule has 6 heteroatoms. The Bertz CT molecular complexity index is 602. The number of esters is 1. The molecule has 0 amide bonds. The molecular weight excluding hydrogens is 364 g/mol. The Hall–Kier alpha value is -0.840. The first kappa shape index (κ1) is 22.2. The summed E-state index contributed by atoms with van der Waals surface area (Å²) in [5.74, 6) is -0.563. The first-order valence-electron chi connectivity index (χ1n) is 8.65. The van der Waals surface area contributed by atoms with Gasteiger partial charge in [0.15, 0.2) is 0 Å². The lowest BCUT2D eigenvalue weighted by atomic mass is 9.87. The molecule has 0 radical (unpaired) electrons. The van der Waals surface area contributed by atoms with Crippen LogP contribution in [0.15, 0.2) is 12.1 Å². The van der Waals surface area contributed by atoms with Crippen LogP contribution in [0.3, 0.4) is 0 Å². The lowest BCUT2D eigenvalue weighted by molar-refractivity contribution is -0.158. The van der Waals surface area contributed by atoms with Gasteiger partial charge in [-0.2, -0.15) is 0 Å². The van der Waals surface area contributed by atoms with Gasteiger partial charge in [-0.05, 0) is 69.7 Å². The molecule has 0 fully saturated rings. The topological polar surface area (TPSA) is 38.3 Å². The normalized spacial score (nSPS) is 18.1. The third-order valence-corrected chi connectivity index (χ3v) is 4.47. The molecule has 0 aliphatic heterocycles. The Labute approximate surface area is 161 Å². The highest BCUT2D eigenvalue weighted by atomic mass is 35.5. The average Bonchev–Trinajstić information content (AvgIpc) is 2.46. The fourth-order valence-corrected chi connectivity index (χ4v) is 3.29. The standard InChI is InChI=1S/C19H27ClFNO2.ClH/c1-5-6-17(18(23)24-19(2,3)4)22-14-8-7-12-11-16(21)15(20)10-13(12)9-14;/h10-11,14,17,22H,5-9H2,1-4H3;1H/t14-,17?;/m0./s1. The van der Waals surface area contributed by atoms with E-state index in [0.29, 0.717) is 0 Å².